The Hall–Kier alpha value is -1.89. The first-order chi connectivity index (χ1) is 12.6. The van der Waals surface area contributed by atoms with E-state index in [1.165, 1.54) is 30.4 Å². The highest BCUT2D eigenvalue weighted by atomic mass is 16.2. The molecule has 2 fully saturated rings. The summed E-state index contributed by atoms with van der Waals surface area (Å²) >= 11 is 0. The zero-order valence-corrected chi connectivity index (χ0v) is 15.8. The van der Waals surface area contributed by atoms with Crippen molar-refractivity contribution in [2.45, 2.75) is 38.5 Å². The zero-order valence-electron chi connectivity index (χ0n) is 15.8. The molecule has 7 nitrogen and oxygen atoms in total. The van der Waals surface area contributed by atoms with E-state index < -0.39 is 0 Å². The quantitative estimate of drug-likeness (QED) is 0.847. The molecule has 7 heteroatoms. The predicted octanol–water partition coefficient (Wildman–Crippen LogP) is 0.989. The highest BCUT2D eigenvalue weighted by molar-refractivity contribution is 5.79. The van der Waals surface area contributed by atoms with E-state index in [2.05, 4.69) is 20.2 Å². The Morgan fingerprint density at radius 2 is 1.96 bits per heavy atom. The van der Waals surface area contributed by atoms with E-state index in [1.807, 2.05) is 0 Å². The molecule has 3 rings (SSSR count). The number of likely N-dealkylation sites (tertiary alicyclic amines) is 1. The normalized spacial score (nSPS) is 22.0. The van der Waals surface area contributed by atoms with Crippen molar-refractivity contribution in [2.75, 3.05) is 44.2 Å². The summed E-state index contributed by atoms with van der Waals surface area (Å²) in [6.45, 7) is 5.51. The summed E-state index contributed by atoms with van der Waals surface area (Å²) < 4.78 is 1.32. The van der Waals surface area contributed by atoms with Gasteiger partial charge in [-0.2, -0.15) is 5.10 Å². The smallest absolute Gasteiger partial charge is 0.268 e. The molecule has 0 aliphatic carbocycles. The number of aromatic nitrogens is 2. The molecule has 2 saturated heterocycles. The van der Waals surface area contributed by atoms with Crippen molar-refractivity contribution in [1.29, 1.82) is 0 Å². The Kier molecular flexibility index (Phi) is 6.66. The van der Waals surface area contributed by atoms with Gasteiger partial charge in [0.1, 0.15) is 0 Å². The Balaban J connectivity index is 1.48. The third-order valence-electron chi connectivity index (χ3n) is 5.54. The second-order valence-electron chi connectivity index (χ2n) is 7.51. The van der Waals surface area contributed by atoms with Crippen LogP contribution in [0.4, 0.5) is 5.69 Å². The number of carbonyl (C=O) groups is 1. The molecule has 1 aromatic heterocycles. The minimum Gasteiger partial charge on any atom is -0.369 e. The molecule has 2 aliphatic rings. The largest absolute Gasteiger partial charge is 0.369 e. The summed E-state index contributed by atoms with van der Waals surface area (Å²) in [7, 11) is 1.64. The van der Waals surface area contributed by atoms with Crippen molar-refractivity contribution in [3.8, 4) is 0 Å². The maximum absolute atomic E-state index is 12.6. The van der Waals surface area contributed by atoms with Crippen LogP contribution in [-0.2, 0) is 11.8 Å². The molecule has 0 spiro atoms. The number of carbonyl (C=O) groups excluding carboxylic acids is 1. The van der Waals surface area contributed by atoms with E-state index in [9.17, 15) is 9.59 Å². The molecule has 1 amide bonds. The van der Waals surface area contributed by atoms with Crippen LogP contribution in [0.5, 0.6) is 0 Å². The topological polar surface area (TPSA) is 70.5 Å². The highest BCUT2D eigenvalue weighted by Crippen LogP contribution is 2.21. The SMILES string of the molecule is Cn1ncc(N2CCCC(C(=O)NCCN3CCCCCC3)C2)cc1=O. The summed E-state index contributed by atoms with van der Waals surface area (Å²) in [5.74, 6) is 0.123. The number of hydrogen-bond donors (Lipinski definition) is 1. The summed E-state index contributed by atoms with van der Waals surface area (Å²) in [5.41, 5.74) is 0.696. The Morgan fingerprint density at radius 1 is 1.19 bits per heavy atom. The molecule has 1 aromatic rings. The lowest BCUT2D eigenvalue weighted by atomic mass is 9.97. The Labute approximate surface area is 155 Å². The molecule has 0 saturated carbocycles. The van der Waals surface area contributed by atoms with Crippen LogP contribution in [0.25, 0.3) is 0 Å². The summed E-state index contributed by atoms with van der Waals surface area (Å²) in [6.07, 6.45) is 8.79. The van der Waals surface area contributed by atoms with Crippen LogP contribution in [-0.4, -0.2) is 59.9 Å². The van der Waals surface area contributed by atoms with Crippen LogP contribution in [0.3, 0.4) is 0 Å². The summed E-state index contributed by atoms with van der Waals surface area (Å²) in [6, 6.07) is 1.60. The van der Waals surface area contributed by atoms with Crippen molar-refractivity contribution in [3.05, 3.63) is 22.6 Å². The van der Waals surface area contributed by atoms with Crippen molar-refractivity contribution < 1.29 is 4.79 Å². The van der Waals surface area contributed by atoms with Gasteiger partial charge in [0.25, 0.3) is 5.56 Å². The van der Waals surface area contributed by atoms with Gasteiger partial charge in [0.2, 0.25) is 5.91 Å². The van der Waals surface area contributed by atoms with Crippen LogP contribution in [0.2, 0.25) is 0 Å². The first kappa shape index (κ1) is 18.9. The molecule has 26 heavy (non-hydrogen) atoms. The fourth-order valence-electron chi connectivity index (χ4n) is 3.90. The van der Waals surface area contributed by atoms with Crippen molar-refractivity contribution in [2.24, 2.45) is 13.0 Å². The number of anilines is 1. The number of piperidine rings is 1. The van der Waals surface area contributed by atoms with Crippen molar-refractivity contribution in [3.63, 3.8) is 0 Å². The van der Waals surface area contributed by atoms with E-state index in [0.29, 0.717) is 6.54 Å². The van der Waals surface area contributed by atoms with Gasteiger partial charge >= 0.3 is 0 Å². The van der Waals surface area contributed by atoms with Crippen molar-refractivity contribution >= 4 is 11.6 Å². The molecule has 1 unspecified atom stereocenters. The molecule has 144 valence electrons. The van der Waals surface area contributed by atoms with Crippen molar-refractivity contribution in [1.82, 2.24) is 20.0 Å². The van der Waals surface area contributed by atoms with Gasteiger partial charge in [-0.15, -0.1) is 0 Å². The highest BCUT2D eigenvalue weighted by Gasteiger charge is 2.26. The van der Waals surface area contributed by atoms with Crippen LogP contribution in [0, 0.1) is 5.92 Å². The molecule has 1 atom stereocenters. The van der Waals surface area contributed by atoms with E-state index in [1.54, 1.807) is 19.3 Å². The summed E-state index contributed by atoms with van der Waals surface area (Å²) in [4.78, 5) is 28.9. The molecule has 0 bridgehead atoms. The minimum absolute atomic E-state index is 0.0167. The second-order valence-corrected chi connectivity index (χ2v) is 7.51. The van der Waals surface area contributed by atoms with E-state index in [4.69, 9.17) is 0 Å². The van der Waals surface area contributed by atoms with Gasteiger partial charge < -0.3 is 15.1 Å². The number of nitrogens with zero attached hydrogens (tertiary/aromatic N) is 4. The average molecular weight is 361 g/mol. The van der Waals surface area contributed by atoms with Crippen LogP contribution in [0.15, 0.2) is 17.1 Å². The molecular formula is C19H31N5O2. The summed E-state index contributed by atoms with van der Waals surface area (Å²) in [5, 5.41) is 7.21. The fourth-order valence-corrected chi connectivity index (χ4v) is 3.90. The maximum atomic E-state index is 12.6. The van der Waals surface area contributed by atoms with E-state index >= 15 is 0 Å². The molecule has 1 N–H and O–H groups in total. The molecule has 0 radical (unpaired) electrons. The molecule has 2 aliphatic heterocycles. The van der Waals surface area contributed by atoms with Gasteiger partial charge in [-0.1, -0.05) is 12.8 Å². The lowest BCUT2D eigenvalue weighted by Gasteiger charge is -2.33. The number of nitrogens with one attached hydrogen (secondary N) is 1. The predicted molar refractivity (Wildman–Crippen MR) is 102 cm³/mol. The van der Waals surface area contributed by atoms with Crippen LogP contribution in [0.1, 0.15) is 38.5 Å². The van der Waals surface area contributed by atoms with Gasteiger partial charge in [-0.3, -0.25) is 9.59 Å². The number of hydrogen-bond acceptors (Lipinski definition) is 5. The first-order valence-corrected chi connectivity index (χ1v) is 9.92. The number of aryl methyl sites for hydroxylation is 1. The lowest BCUT2D eigenvalue weighted by Crippen LogP contribution is -2.45. The number of rotatable bonds is 5. The molecule has 0 aromatic carbocycles. The second kappa shape index (κ2) is 9.16. The van der Waals surface area contributed by atoms with Gasteiger partial charge in [0, 0.05) is 39.3 Å². The lowest BCUT2D eigenvalue weighted by molar-refractivity contribution is -0.125. The van der Waals surface area contributed by atoms with Gasteiger partial charge in [0.15, 0.2) is 0 Å². The molecule has 3 heterocycles. The van der Waals surface area contributed by atoms with Crippen LogP contribution >= 0.6 is 0 Å². The molecular weight excluding hydrogens is 330 g/mol. The Bertz CT molecular complexity index is 652. The first-order valence-electron chi connectivity index (χ1n) is 9.92. The number of amides is 1. The third-order valence-corrected chi connectivity index (χ3v) is 5.54. The zero-order chi connectivity index (χ0) is 18.4. The van der Waals surface area contributed by atoms with Crippen LogP contribution < -0.4 is 15.8 Å². The third kappa shape index (κ3) is 5.06. The Morgan fingerprint density at radius 3 is 2.69 bits per heavy atom. The van der Waals surface area contributed by atoms with E-state index in [0.717, 1.165) is 51.3 Å². The van der Waals surface area contributed by atoms with E-state index in [-0.39, 0.29) is 17.4 Å². The maximum Gasteiger partial charge on any atom is 0.268 e. The van der Waals surface area contributed by atoms with Gasteiger partial charge in [-0.05, 0) is 38.8 Å². The van der Waals surface area contributed by atoms with Gasteiger partial charge in [-0.25, -0.2) is 4.68 Å². The minimum atomic E-state index is -0.119. The van der Waals surface area contributed by atoms with Gasteiger partial charge in [0.05, 0.1) is 17.8 Å². The monoisotopic (exact) mass is 361 g/mol. The fraction of sp³-hybridized carbons (Fsp3) is 0.737. The average Bonchev–Trinajstić information content (AvgIpc) is 2.93. The standard InChI is InChI=1S/C19H31N5O2/c1-22-18(25)13-17(14-21-22)24-11-6-7-16(15-24)19(26)20-8-12-23-9-4-2-3-5-10-23/h13-14,16H,2-12,15H2,1H3,(H,20,26).